The quantitative estimate of drug-likeness (QED) is 0.432. The lowest BCUT2D eigenvalue weighted by atomic mass is 10.0. The Hall–Kier alpha value is -3.39. The number of aromatic hydroxyl groups is 1. The molecule has 0 unspecified atom stereocenters. The van der Waals surface area contributed by atoms with E-state index in [9.17, 15) is 14.7 Å². The highest BCUT2D eigenvalue weighted by Crippen LogP contribution is 2.43. The number of hydrogen-bond acceptors (Lipinski definition) is 5. The van der Waals surface area contributed by atoms with E-state index in [-0.39, 0.29) is 24.1 Å². The molecule has 0 aliphatic heterocycles. The van der Waals surface area contributed by atoms with Crippen LogP contribution in [0.2, 0.25) is 5.02 Å². The number of hydrogen-bond donors (Lipinski definition) is 3. The molecule has 9 heteroatoms. The molecule has 174 valence electrons. The van der Waals surface area contributed by atoms with Crippen LogP contribution in [0.25, 0.3) is 10.8 Å². The molecular formula is C24H26ClN3O5. The number of methoxy groups -OCH3 is 1. The Kier molecular flexibility index (Phi) is 6.37. The number of anilines is 1. The Balaban J connectivity index is 1.83. The van der Waals surface area contributed by atoms with Crippen LogP contribution in [-0.2, 0) is 9.59 Å². The minimum atomic E-state index is -0.636. The van der Waals surface area contributed by atoms with Crippen LogP contribution in [0.5, 0.6) is 17.4 Å². The number of benzene rings is 2. The predicted octanol–water partition coefficient (Wildman–Crippen LogP) is 4.22. The van der Waals surface area contributed by atoms with Gasteiger partial charge >= 0.3 is 0 Å². The van der Waals surface area contributed by atoms with Crippen molar-refractivity contribution in [3.05, 3.63) is 47.1 Å². The van der Waals surface area contributed by atoms with E-state index in [1.807, 2.05) is 6.92 Å². The SMILES string of the molecule is CCOc1cc([C@@H](CC(N)=O)n2cc3c(Cl)ccc(NC(=O)C4CC4)c3c2O)ccc1OC. The Bertz CT molecular complexity index is 1220. The summed E-state index contributed by atoms with van der Waals surface area (Å²) in [5.41, 5.74) is 6.71. The molecule has 4 rings (SSSR count). The van der Waals surface area contributed by atoms with E-state index in [2.05, 4.69) is 5.32 Å². The van der Waals surface area contributed by atoms with Crippen molar-refractivity contribution in [2.75, 3.05) is 19.0 Å². The van der Waals surface area contributed by atoms with E-state index in [0.717, 1.165) is 12.8 Å². The molecule has 1 aliphatic carbocycles. The maximum Gasteiger partial charge on any atom is 0.227 e. The van der Waals surface area contributed by atoms with Crippen molar-refractivity contribution >= 4 is 39.9 Å². The second-order valence-corrected chi connectivity index (χ2v) is 8.44. The first-order valence-electron chi connectivity index (χ1n) is 10.8. The molecule has 1 atom stereocenters. The summed E-state index contributed by atoms with van der Waals surface area (Å²) >= 11 is 6.42. The van der Waals surface area contributed by atoms with Gasteiger partial charge in [0.05, 0.1) is 42.3 Å². The van der Waals surface area contributed by atoms with Gasteiger partial charge in [0, 0.05) is 17.5 Å². The summed E-state index contributed by atoms with van der Waals surface area (Å²) < 4.78 is 12.6. The molecule has 8 nitrogen and oxygen atoms in total. The zero-order valence-corrected chi connectivity index (χ0v) is 19.2. The van der Waals surface area contributed by atoms with E-state index in [1.54, 1.807) is 48.2 Å². The third-order valence-electron chi connectivity index (χ3n) is 5.74. The molecule has 1 fully saturated rings. The number of nitrogens with zero attached hydrogens (tertiary/aromatic N) is 1. The zero-order chi connectivity index (χ0) is 23.7. The molecule has 4 N–H and O–H groups in total. The van der Waals surface area contributed by atoms with Crippen LogP contribution in [0.4, 0.5) is 5.69 Å². The molecule has 2 amide bonds. The molecule has 33 heavy (non-hydrogen) atoms. The number of amides is 2. The van der Waals surface area contributed by atoms with Crippen molar-refractivity contribution < 1.29 is 24.2 Å². The molecule has 1 heterocycles. The van der Waals surface area contributed by atoms with Crippen molar-refractivity contribution in [3.8, 4) is 17.4 Å². The van der Waals surface area contributed by atoms with Crippen molar-refractivity contribution in [2.24, 2.45) is 11.7 Å². The number of nitrogens with one attached hydrogen (secondary N) is 1. The van der Waals surface area contributed by atoms with Gasteiger partial charge in [0.1, 0.15) is 0 Å². The largest absolute Gasteiger partial charge is 0.494 e. The Morgan fingerprint density at radius 2 is 2.03 bits per heavy atom. The number of aromatic nitrogens is 1. The normalized spacial score (nSPS) is 14.2. The first-order chi connectivity index (χ1) is 15.8. The molecule has 0 saturated heterocycles. The van der Waals surface area contributed by atoms with E-state index in [4.69, 9.17) is 26.8 Å². The highest BCUT2D eigenvalue weighted by molar-refractivity contribution is 6.36. The van der Waals surface area contributed by atoms with Crippen LogP contribution < -0.4 is 20.5 Å². The Labute approximate surface area is 196 Å². The summed E-state index contributed by atoms with van der Waals surface area (Å²) in [7, 11) is 1.54. The van der Waals surface area contributed by atoms with Gasteiger partial charge in [-0.25, -0.2) is 0 Å². The highest BCUT2D eigenvalue weighted by atomic mass is 35.5. The van der Waals surface area contributed by atoms with Gasteiger partial charge in [0.15, 0.2) is 11.5 Å². The van der Waals surface area contributed by atoms with Crippen LogP contribution >= 0.6 is 11.6 Å². The molecule has 2 aromatic carbocycles. The number of ether oxygens (including phenoxy) is 2. The van der Waals surface area contributed by atoms with Gasteiger partial charge in [-0.1, -0.05) is 17.7 Å². The molecule has 3 aromatic rings. The van der Waals surface area contributed by atoms with Gasteiger partial charge in [-0.15, -0.1) is 0 Å². The third-order valence-corrected chi connectivity index (χ3v) is 6.07. The molecular weight excluding hydrogens is 446 g/mol. The third kappa shape index (κ3) is 4.57. The maximum atomic E-state index is 12.4. The molecule has 0 spiro atoms. The lowest BCUT2D eigenvalue weighted by Crippen LogP contribution is -2.20. The van der Waals surface area contributed by atoms with Crippen molar-refractivity contribution in [1.82, 2.24) is 4.57 Å². The van der Waals surface area contributed by atoms with Crippen LogP contribution in [0.15, 0.2) is 36.5 Å². The van der Waals surface area contributed by atoms with Gasteiger partial charge in [-0.3, -0.25) is 9.59 Å². The number of halogens is 1. The minimum Gasteiger partial charge on any atom is -0.494 e. The monoisotopic (exact) mass is 471 g/mol. The maximum absolute atomic E-state index is 12.4. The van der Waals surface area contributed by atoms with Gasteiger partial charge in [0.2, 0.25) is 17.7 Å². The molecule has 0 bridgehead atoms. The molecule has 1 saturated carbocycles. The second kappa shape index (κ2) is 9.23. The van der Waals surface area contributed by atoms with Gasteiger partial charge < -0.3 is 30.2 Å². The average Bonchev–Trinajstić information content (AvgIpc) is 3.58. The number of rotatable bonds is 9. The smallest absolute Gasteiger partial charge is 0.227 e. The number of carbonyl (C=O) groups excluding carboxylic acids is 2. The first-order valence-corrected chi connectivity index (χ1v) is 11.1. The number of primary amides is 1. The van der Waals surface area contributed by atoms with E-state index < -0.39 is 11.9 Å². The predicted molar refractivity (Wildman–Crippen MR) is 126 cm³/mol. The first kappa shape index (κ1) is 22.8. The van der Waals surface area contributed by atoms with Gasteiger partial charge in [0.25, 0.3) is 0 Å². The topological polar surface area (TPSA) is 116 Å². The van der Waals surface area contributed by atoms with Gasteiger partial charge in [-0.2, -0.15) is 0 Å². The molecule has 0 radical (unpaired) electrons. The highest BCUT2D eigenvalue weighted by Gasteiger charge is 2.31. The van der Waals surface area contributed by atoms with E-state index >= 15 is 0 Å². The van der Waals surface area contributed by atoms with Crippen molar-refractivity contribution in [2.45, 2.75) is 32.2 Å². The van der Waals surface area contributed by atoms with Crippen LogP contribution in [0.3, 0.4) is 0 Å². The Morgan fingerprint density at radius 3 is 2.67 bits per heavy atom. The summed E-state index contributed by atoms with van der Waals surface area (Å²) in [6.45, 7) is 2.29. The molecule has 1 aliphatic rings. The van der Waals surface area contributed by atoms with Crippen LogP contribution in [-0.4, -0.2) is 35.2 Å². The minimum absolute atomic E-state index is 0.00106. The summed E-state index contributed by atoms with van der Waals surface area (Å²) in [4.78, 5) is 24.3. The number of nitrogens with two attached hydrogens (primary N) is 1. The number of fused-ring (bicyclic) bond motifs is 1. The van der Waals surface area contributed by atoms with Crippen LogP contribution in [0, 0.1) is 5.92 Å². The van der Waals surface area contributed by atoms with E-state index in [0.29, 0.717) is 45.2 Å². The lowest BCUT2D eigenvalue weighted by Gasteiger charge is -2.21. The zero-order valence-electron chi connectivity index (χ0n) is 18.4. The number of carbonyl (C=O) groups is 2. The van der Waals surface area contributed by atoms with Crippen molar-refractivity contribution in [1.29, 1.82) is 0 Å². The standard InChI is InChI=1S/C24H26ClN3O5/c1-3-33-20-10-14(6-9-19(20)32-2)18(11-21(26)29)28-12-15-16(25)7-8-17(22(15)24(28)31)27-23(30)13-4-5-13/h6-10,12-13,18,31H,3-5,11H2,1-2H3,(H2,26,29)(H,27,30)/t18-/m1/s1. The average molecular weight is 472 g/mol. The van der Waals surface area contributed by atoms with E-state index in [1.165, 1.54) is 0 Å². The molecule has 1 aromatic heterocycles. The fourth-order valence-corrected chi connectivity index (χ4v) is 4.16. The summed E-state index contributed by atoms with van der Waals surface area (Å²) in [6.07, 6.45) is 3.30. The fourth-order valence-electron chi connectivity index (χ4n) is 3.95. The summed E-state index contributed by atoms with van der Waals surface area (Å²) in [5.74, 6) is 0.305. The van der Waals surface area contributed by atoms with Crippen molar-refractivity contribution in [3.63, 3.8) is 0 Å². The summed E-state index contributed by atoms with van der Waals surface area (Å²) in [6, 6.07) is 7.98. The van der Waals surface area contributed by atoms with Gasteiger partial charge in [-0.05, 0) is 49.6 Å². The summed E-state index contributed by atoms with van der Waals surface area (Å²) in [5, 5.41) is 15.5. The Morgan fingerprint density at radius 1 is 1.27 bits per heavy atom. The second-order valence-electron chi connectivity index (χ2n) is 8.04. The lowest BCUT2D eigenvalue weighted by molar-refractivity contribution is -0.118. The fraction of sp³-hybridized carbons (Fsp3) is 0.333. The van der Waals surface area contributed by atoms with Crippen LogP contribution in [0.1, 0.15) is 37.8 Å².